The summed E-state index contributed by atoms with van der Waals surface area (Å²) in [5, 5.41) is 2.62. The Morgan fingerprint density at radius 3 is 1.81 bits per heavy atom. The molecule has 2 heterocycles. The van der Waals surface area contributed by atoms with Crippen LogP contribution in [0, 0.1) is 0 Å². The van der Waals surface area contributed by atoms with Crippen molar-refractivity contribution in [1.82, 2.24) is 4.98 Å². The third-order valence-electron chi connectivity index (χ3n) is 4.82. The lowest BCUT2D eigenvalue weighted by molar-refractivity contribution is 1.33. The van der Waals surface area contributed by atoms with Crippen LogP contribution in [-0.4, -0.2) is 4.98 Å². The van der Waals surface area contributed by atoms with Crippen LogP contribution >= 0.6 is 11.3 Å². The third-order valence-corrected chi connectivity index (χ3v) is 6.12. The zero-order chi connectivity index (χ0) is 18.1. The van der Waals surface area contributed by atoms with Crippen molar-refractivity contribution >= 4 is 22.1 Å². The number of pyridine rings is 1. The fourth-order valence-corrected chi connectivity index (χ4v) is 4.88. The Morgan fingerprint density at radius 2 is 1.07 bits per heavy atom. The van der Waals surface area contributed by atoms with E-state index in [9.17, 15) is 0 Å². The Morgan fingerprint density at radius 1 is 0.481 bits per heavy atom. The minimum Gasteiger partial charge on any atom is -0.265 e. The molecule has 5 aromatic rings. The highest BCUT2D eigenvalue weighted by atomic mass is 32.1. The molecule has 0 atom stereocenters. The molecule has 128 valence electrons. The van der Waals surface area contributed by atoms with Crippen LogP contribution in [-0.2, 0) is 0 Å². The van der Waals surface area contributed by atoms with Crippen LogP contribution in [0.4, 0.5) is 0 Å². The van der Waals surface area contributed by atoms with Gasteiger partial charge in [-0.1, -0.05) is 78.9 Å². The Hall–Kier alpha value is -3.23. The molecule has 2 heteroatoms. The van der Waals surface area contributed by atoms with Crippen LogP contribution in [0.1, 0.15) is 0 Å². The molecule has 0 aliphatic carbocycles. The first-order valence-corrected chi connectivity index (χ1v) is 9.80. The average Bonchev–Trinajstić information content (AvgIpc) is 3.15. The maximum Gasteiger partial charge on any atom is 0.0434 e. The molecule has 1 nitrogen and oxygen atoms in total. The molecule has 2 aromatic heterocycles. The van der Waals surface area contributed by atoms with Crippen LogP contribution in [0.5, 0.6) is 0 Å². The summed E-state index contributed by atoms with van der Waals surface area (Å²) in [6.07, 6.45) is 3.71. The van der Waals surface area contributed by atoms with Crippen molar-refractivity contribution in [2.24, 2.45) is 0 Å². The summed E-state index contributed by atoms with van der Waals surface area (Å²) in [6.45, 7) is 0. The van der Waals surface area contributed by atoms with Gasteiger partial charge < -0.3 is 0 Å². The summed E-state index contributed by atoms with van der Waals surface area (Å²) in [7, 11) is 0. The normalized spacial score (nSPS) is 11.0. The quantitative estimate of drug-likeness (QED) is 0.328. The van der Waals surface area contributed by atoms with E-state index >= 15 is 0 Å². The van der Waals surface area contributed by atoms with E-state index in [1.165, 1.54) is 42.8 Å². The van der Waals surface area contributed by atoms with E-state index in [0.717, 1.165) is 0 Å². The lowest BCUT2D eigenvalue weighted by Gasteiger charge is -2.08. The first-order valence-electron chi connectivity index (χ1n) is 8.98. The van der Waals surface area contributed by atoms with Gasteiger partial charge in [-0.2, -0.15) is 0 Å². The van der Waals surface area contributed by atoms with Crippen LogP contribution in [0.15, 0.2) is 103 Å². The maximum absolute atomic E-state index is 4.17. The van der Waals surface area contributed by atoms with Crippen molar-refractivity contribution < 1.29 is 0 Å². The molecule has 0 bridgehead atoms. The molecule has 0 saturated carbocycles. The van der Waals surface area contributed by atoms with Crippen molar-refractivity contribution in [3.05, 3.63) is 103 Å². The molecule has 0 spiro atoms. The summed E-state index contributed by atoms with van der Waals surface area (Å²) in [5.41, 5.74) is 4.98. The van der Waals surface area contributed by atoms with Gasteiger partial charge in [-0.25, -0.2) is 0 Å². The summed E-state index contributed by atoms with van der Waals surface area (Å²) in [6, 6.07) is 32.2. The Kier molecular flexibility index (Phi) is 4.04. The predicted octanol–water partition coefficient (Wildman–Crippen LogP) is 7.30. The van der Waals surface area contributed by atoms with E-state index < -0.39 is 0 Å². The second kappa shape index (κ2) is 6.82. The molecule has 0 unspecified atom stereocenters. The molecule has 0 saturated heterocycles. The molecule has 0 fully saturated rings. The molecule has 0 N–H and O–H groups in total. The lowest BCUT2D eigenvalue weighted by atomic mass is 9.97. The standard InChI is InChI=1S/C25H17NS/c1-2-8-19(9-3-1)24-22-12-6-7-13-23(22)25(27-24)21-11-5-4-10-20(21)18-14-16-26-17-15-18/h1-17H. The first kappa shape index (κ1) is 16.0. The summed E-state index contributed by atoms with van der Waals surface area (Å²) in [5.74, 6) is 0. The Labute approximate surface area is 162 Å². The topological polar surface area (TPSA) is 12.9 Å². The molecule has 3 aromatic carbocycles. The zero-order valence-electron chi connectivity index (χ0n) is 14.7. The lowest BCUT2D eigenvalue weighted by Crippen LogP contribution is -1.83. The molecule has 0 aliphatic heterocycles. The number of hydrogen-bond acceptors (Lipinski definition) is 2. The number of nitrogens with zero attached hydrogens (tertiary/aromatic N) is 1. The number of rotatable bonds is 3. The molecule has 5 rings (SSSR count). The molecular formula is C25H17NS. The highest BCUT2D eigenvalue weighted by Gasteiger charge is 2.16. The van der Waals surface area contributed by atoms with Gasteiger partial charge in [0.2, 0.25) is 0 Å². The predicted molar refractivity (Wildman–Crippen MR) is 116 cm³/mol. The summed E-state index contributed by atoms with van der Waals surface area (Å²) < 4.78 is 0. The maximum atomic E-state index is 4.17. The molecular weight excluding hydrogens is 346 g/mol. The van der Waals surface area contributed by atoms with Gasteiger partial charge in [-0.3, -0.25) is 4.98 Å². The fraction of sp³-hybridized carbons (Fsp3) is 0. The number of aromatic nitrogens is 1. The number of hydrogen-bond donors (Lipinski definition) is 0. The SMILES string of the molecule is c1ccc(-c2sc(-c3ccccc3-c3ccncc3)c3ccccc23)cc1. The van der Waals surface area contributed by atoms with Gasteiger partial charge in [0.15, 0.2) is 0 Å². The Balaban J connectivity index is 1.79. The van der Waals surface area contributed by atoms with Crippen molar-refractivity contribution in [1.29, 1.82) is 0 Å². The third kappa shape index (κ3) is 2.84. The van der Waals surface area contributed by atoms with E-state index in [0.29, 0.717) is 0 Å². The van der Waals surface area contributed by atoms with Gasteiger partial charge in [0.1, 0.15) is 0 Å². The van der Waals surface area contributed by atoms with Gasteiger partial charge in [-0.05, 0) is 28.8 Å². The van der Waals surface area contributed by atoms with Crippen molar-refractivity contribution in [3.63, 3.8) is 0 Å². The summed E-state index contributed by atoms with van der Waals surface area (Å²) >= 11 is 1.87. The van der Waals surface area contributed by atoms with Gasteiger partial charge in [-0.15, -0.1) is 11.3 Å². The smallest absolute Gasteiger partial charge is 0.0434 e. The number of thiophene rings is 1. The minimum absolute atomic E-state index is 1.19. The molecule has 0 radical (unpaired) electrons. The zero-order valence-corrected chi connectivity index (χ0v) is 15.5. The average molecular weight is 363 g/mol. The van der Waals surface area contributed by atoms with Gasteiger partial charge in [0.25, 0.3) is 0 Å². The summed E-state index contributed by atoms with van der Waals surface area (Å²) in [4.78, 5) is 6.81. The van der Waals surface area contributed by atoms with E-state index in [1.54, 1.807) is 0 Å². The second-order valence-corrected chi connectivity index (χ2v) is 7.47. The highest BCUT2D eigenvalue weighted by molar-refractivity contribution is 7.21. The van der Waals surface area contributed by atoms with E-state index in [1.807, 2.05) is 23.7 Å². The van der Waals surface area contributed by atoms with Crippen LogP contribution in [0.25, 0.3) is 42.8 Å². The van der Waals surface area contributed by atoms with Gasteiger partial charge in [0, 0.05) is 38.5 Å². The number of benzene rings is 3. The van der Waals surface area contributed by atoms with Gasteiger partial charge >= 0.3 is 0 Å². The fourth-order valence-electron chi connectivity index (χ4n) is 3.56. The van der Waals surface area contributed by atoms with Crippen LogP contribution < -0.4 is 0 Å². The minimum atomic E-state index is 1.19. The van der Waals surface area contributed by atoms with Gasteiger partial charge in [0.05, 0.1) is 0 Å². The highest BCUT2D eigenvalue weighted by Crippen LogP contribution is 2.46. The molecule has 27 heavy (non-hydrogen) atoms. The molecule has 0 amide bonds. The number of fused-ring (bicyclic) bond motifs is 1. The monoisotopic (exact) mass is 363 g/mol. The van der Waals surface area contributed by atoms with Crippen molar-refractivity contribution in [2.75, 3.05) is 0 Å². The first-order chi connectivity index (χ1) is 13.4. The van der Waals surface area contributed by atoms with Crippen molar-refractivity contribution in [3.8, 4) is 32.0 Å². The molecule has 0 aliphatic rings. The van der Waals surface area contributed by atoms with Crippen LogP contribution in [0.2, 0.25) is 0 Å². The van der Waals surface area contributed by atoms with E-state index in [4.69, 9.17) is 0 Å². The van der Waals surface area contributed by atoms with E-state index in [-0.39, 0.29) is 0 Å². The Bertz CT molecular complexity index is 1210. The second-order valence-electron chi connectivity index (χ2n) is 6.45. The van der Waals surface area contributed by atoms with Crippen LogP contribution in [0.3, 0.4) is 0 Å². The van der Waals surface area contributed by atoms with E-state index in [2.05, 4.69) is 96.0 Å². The van der Waals surface area contributed by atoms with Crippen molar-refractivity contribution in [2.45, 2.75) is 0 Å². The largest absolute Gasteiger partial charge is 0.265 e.